The van der Waals surface area contributed by atoms with Crippen LogP contribution in [0.1, 0.15) is 43.0 Å². The lowest BCUT2D eigenvalue weighted by Gasteiger charge is -2.22. The van der Waals surface area contributed by atoms with Gasteiger partial charge >= 0.3 is 0 Å². The molecule has 0 aliphatic heterocycles. The number of nitrogens with one attached hydrogen (secondary N) is 1. The van der Waals surface area contributed by atoms with Gasteiger partial charge in [0.05, 0.1) is 12.8 Å². The SMILES string of the molecule is CN=C(NCCCc1ccc(OC)cc1)N(C)Cc1cn(C)nc1C(C)C.I. The van der Waals surface area contributed by atoms with Gasteiger partial charge in [-0.25, -0.2) is 0 Å². The quantitative estimate of drug-likeness (QED) is 0.260. The van der Waals surface area contributed by atoms with Crippen molar-refractivity contribution in [1.29, 1.82) is 0 Å². The van der Waals surface area contributed by atoms with Crippen molar-refractivity contribution in [1.82, 2.24) is 20.0 Å². The Kier molecular flexibility index (Phi) is 10.3. The van der Waals surface area contributed by atoms with Crippen LogP contribution in [0.25, 0.3) is 0 Å². The molecular weight excluding hydrogens is 465 g/mol. The van der Waals surface area contributed by atoms with E-state index in [1.807, 2.05) is 30.9 Å². The van der Waals surface area contributed by atoms with Gasteiger partial charge in [-0.15, -0.1) is 24.0 Å². The monoisotopic (exact) mass is 499 g/mol. The molecule has 0 spiro atoms. The molecule has 0 radical (unpaired) electrons. The summed E-state index contributed by atoms with van der Waals surface area (Å²) in [5.41, 5.74) is 3.72. The molecule has 6 nitrogen and oxygen atoms in total. The van der Waals surface area contributed by atoms with Gasteiger partial charge in [-0.2, -0.15) is 5.10 Å². The van der Waals surface area contributed by atoms with Gasteiger partial charge in [-0.1, -0.05) is 26.0 Å². The van der Waals surface area contributed by atoms with Crippen molar-refractivity contribution < 1.29 is 4.74 Å². The van der Waals surface area contributed by atoms with E-state index >= 15 is 0 Å². The van der Waals surface area contributed by atoms with Crippen LogP contribution in [0.15, 0.2) is 35.5 Å². The molecule has 1 aromatic carbocycles. The highest BCUT2D eigenvalue weighted by Gasteiger charge is 2.14. The highest BCUT2D eigenvalue weighted by atomic mass is 127. The summed E-state index contributed by atoms with van der Waals surface area (Å²) in [5, 5.41) is 8.05. The van der Waals surface area contributed by atoms with E-state index in [9.17, 15) is 0 Å². The summed E-state index contributed by atoms with van der Waals surface area (Å²) in [6.07, 6.45) is 4.17. The number of benzene rings is 1. The Morgan fingerprint density at radius 3 is 2.54 bits per heavy atom. The number of rotatable bonds is 8. The van der Waals surface area contributed by atoms with Crippen LogP contribution in [0, 0.1) is 0 Å². The minimum absolute atomic E-state index is 0. The summed E-state index contributed by atoms with van der Waals surface area (Å²) in [7, 11) is 7.56. The lowest BCUT2D eigenvalue weighted by Crippen LogP contribution is -2.39. The van der Waals surface area contributed by atoms with E-state index < -0.39 is 0 Å². The van der Waals surface area contributed by atoms with Crippen molar-refractivity contribution in [2.24, 2.45) is 12.0 Å². The number of guanidine groups is 1. The maximum atomic E-state index is 5.20. The molecule has 2 rings (SSSR count). The predicted molar refractivity (Wildman–Crippen MR) is 127 cm³/mol. The Morgan fingerprint density at radius 1 is 1.29 bits per heavy atom. The van der Waals surface area contributed by atoms with Gasteiger partial charge < -0.3 is 15.0 Å². The van der Waals surface area contributed by atoms with Crippen molar-refractivity contribution in [2.75, 3.05) is 27.7 Å². The van der Waals surface area contributed by atoms with Gasteiger partial charge in [0.15, 0.2) is 5.96 Å². The topological polar surface area (TPSA) is 54.7 Å². The van der Waals surface area contributed by atoms with Crippen LogP contribution in [-0.4, -0.2) is 48.4 Å². The normalized spacial score (nSPS) is 11.3. The van der Waals surface area contributed by atoms with Crippen LogP contribution in [-0.2, 0) is 20.0 Å². The van der Waals surface area contributed by atoms with Crippen molar-refractivity contribution in [3.63, 3.8) is 0 Å². The molecule has 0 atom stereocenters. The minimum atomic E-state index is 0. The van der Waals surface area contributed by atoms with E-state index in [0.717, 1.165) is 43.3 Å². The lowest BCUT2D eigenvalue weighted by atomic mass is 10.1. The first kappa shape index (κ1) is 24.3. The predicted octanol–water partition coefficient (Wildman–Crippen LogP) is 3.81. The van der Waals surface area contributed by atoms with Crippen LogP contribution < -0.4 is 10.1 Å². The van der Waals surface area contributed by atoms with Crippen LogP contribution in [0.5, 0.6) is 5.75 Å². The molecule has 0 aliphatic carbocycles. The first-order chi connectivity index (χ1) is 12.9. The highest BCUT2D eigenvalue weighted by Crippen LogP contribution is 2.18. The molecule has 0 fully saturated rings. The molecule has 0 saturated heterocycles. The van der Waals surface area contributed by atoms with Crippen LogP contribution >= 0.6 is 24.0 Å². The van der Waals surface area contributed by atoms with E-state index in [-0.39, 0.29) is 24.0 Å². The van der Waals surface area contributed by atoms with Gasteiger partial charge in [0.25, 0.3) is 0 Å². The van der Waals surface area contributed by atoms with E-state index in [2.05, 4.69) is 59.5 Å². The van der Waals surface area contributed by atoms with Crippen molar-refractivity contribution in [2.45, 2.75) is 39.2 Å². The van der Waals surface area contributed by atoms with E-state index in [0.29, 0.717) is 5.92 Å². The van der Waals surface area contributed by atoms with Crippen LogP contribution in [0.4, 0.5) is 0 Å². The summed E-state index contributed by atoms with van der Waals surface area (Å²) in [6.45, 7) is 6.03. The molecule has 0 saturated carbocycles. The molecule has 0 bridgehead atoms. The highest BCUT2D eigenvalue weighted by molar-refractivity contribution is 14.0. The fourth-order valence-corrected chi connectivity index (χ4v) is 3.16. The molecule has 0 amide bonds. The van der Waals surface area contributed by atoms with Crippen molar-refractivity contribution in [3.05, 3.63) is 47.3 Å². The molecule has 28 heavy (non-hydrogen) atoms. The second-order valence-electron chi connectivity index (χ2n) is 7.15. The molecule has 1 aromatic heterocycles. The summed E-state index contributed by atoms with van der Waals surface area (Å²) in [5.74, 6) is 2.22. The summed E-state index contributed by atoms with van der Waals surface area (Å²) in [4.78, 5) is 6.57. The lowest BCUT2D eigenvalue weighted by molar-refractivity contribution is 0.414. The zero-order valence-electron chi connectivity index (χ0n) is 17.9. The smallest absolute Gasteiger partial charge is 0.193 e. The Morgan fingerprint density at radius 2 is 1.96 bits per heavy atom. The summed E-state index contributed by atoms with van der Waals surface area (Å²) < 4.78 is 7.09. The number of nitrogens with zero attached hydrogens (tertiary/aromatic N) is 4. The molecule has 2 aromatic rings. The van der Waals surface area contributed by atoms with Crippen LogP contribution in [0.3, 0.4) is 0 Å². The Balaban J connectivity index is 0.00000392. The number of aromatic nitrogens is 2. The molecule has 0 aliphatic rings. The first-order valence-electron chi connectivity index (χ1n) is 9.51. The first-order valence-corrected chi connectivity index (χ1v) is 9.51. The van der Waals surface area contributed by atoms with Gasteiger partial charge in [-0.3, -0.25) is 9.67 Å². The average Bonchev–Trinajstić information content (AvgIpc) is 3.02. The Bertz CT molecular complexity index is 740. The maximum absolute atomic E-state index is 5.20. The van der Waals surface area contributed by atoms with E-state index in [1.165, 1.54) is 11.1 Å². The maximum Gasteiger partial charge on any atom is 0.193 e. The van der Waals surface area contributed by atoms with Gasteiger partial charge in [-0.05, 0) is 36.5 Å². The fraction of sp³-hybridized carbons (Fsp3) is 0.524. The van der Waals surface area contributed by atoms with Gasteiger partial charge in [0.1, 0.15) is 5.75 Å². The third kappa shape index (κ3) is 7.00. The molecule has 1 N–H and O–H groups in total. The van der Waals surface area contributed by atoms with E-state index in [1.54, 1.807) is 7.11 Å². The van der Waals surface area contributed by atoms with Crippen molar-refractivity contribution >= 4 is 29.9 Å². The molecule has 0 unspecified atom stereocenters. The van der Waals surface area contributed by atoms with Gasteiger partial charge in [0, 0.05) is 46.0 Å². The Hall–Kier alpha value is -1.77. The Labute approximate surface area is 186 Å². The van der Waals surface area contributed by atoms with E-state index in [4.69, 9.17) is 4.74 Å². The molecule has 1 heterocycles. The van der Waals surface area contributed by atoms with Gasteiger partial charge in [0.2, 0.25) is 0 Å². The number of aliphatic imine (C=N–C) groups is 1. The number of methoxy groups -OCH3 is 1. The minimum Gasteiger partial charge on any atom is -0.497 e. The molecule has 156 valence electrons. The molecule has 7 heteroatoms. The largest absolute Gasteiger partial charge is 0.497 e. The van der Waals surface area contributed by atoms with Crippen LogP contribution in [0.2, 0.25) is 0 Å². The number of hydrogen-bond acceptors (Lipinski definition) is 3. The summed E-state index contributed by atoms with van der Waals surface area (Å²) in [6, 6.07) is 8.26. The third-order valence-electron chi connectivity index (χ3n) is 4.55. The third-order valence-corrected chi connectivity index (χ3v) is 4.55. The second-order valence-corrected chi connectivity index (χ2v) is 7.15. The molecular formula is C21H34IN5O. The zero-order chi connectivity index (χ0) is 19.8. The second kappa shape index (κ2) is 11.9. The zero-order valence-corrected chi connectivity index (χ0v) is 20.2. The standard InChI is InChI=1S/C21H33N5O.HI/c1-16(2)20-18(15-26(5)24-20)14-25(4)21(22-3)23-13-7-8-17-9-11-19(27-6)12-10-17;/h9-12,15-16H,7-8,13-14H2,1-6H3,(H,22,23);1H. The number of ether oxygens (including phenoxy) is 1. The fourth-order valence-electron chi connectivity index (χ4n) is 3.16. The number of hydrogen-bond donors (Lipinski definition) is 1. The van der Waals surface area contributed by atoms with Crippen molar-refractivity contribution in [3.8, 4) is 5.75 Å². The average molecular weight is 499 g/mol. The number of halogens is 1. The number of aryl methyl sites for hydroxylation is 2. The summed E-state index contributed by atoms with van der Waals surface area (Å²) >= 11 is 0.